The number of nitrogens with zero attached hydrogens (tertiary/aromatic N) is 2. The number of halogens is 1. The van der Waals surface area contributed by atoms with Crippen molar-refractivity contribution < 1.29 is 0 Å². The van der Waals surface area contributed by atoms with E-state index in [0.29, 0.717) is 0 Å². The third-order valence-electron chi connectivity index (χ3n) is 2.58. The van der Waals surface area contributed by atoms with Crippen molar-refractivity contribution in [2.75, 3.05) is 26.2 Å². The molecule has 0 spiro atoms. The third-order valence-corrected chi connectivity index (χ3v) is 3.85. The summed E-state index contributed by atoms with van der Waals surface area (Å²) in [6, 6.07) is 0.888. The molecule has 58 valence electrons. The molecule has 0 aromatic rings. The first-order valence-corrected chi connectivity index (χ1v) is 4.97. The number of hydrogen-bond acceptors (Lipinski definition) is 2. The molecule has 0 aromatic heterocycles. The molecule has 3 aliphatic rings. The van der Waals surface area contributed by atoms with Crippen LogP contribution >= 0.6 is 22.9 Å². The molecule has 3 heterocycles. The molecule has 0 radical (unpaired) electrons. The highest BCUT2D eigenvalue weighted by atomic mass is 127. The van der Waals surface area contributed by atoms with Gasteiger partial charge in [0.1, 0.15) is 0 Å². The van der Waals surface area contributed by atoms with Crippen LogP contribution in [0.1, 0.15) is 12.8 Å². The second kappa shape index (κ2) is 2.95. The summed E-state index contributed by atoms with van der Waals surface area (Å²) in [6.07, 6.45) is 2.78. The van der Waals surface area contributed by atoms with Crippen LogP contribution in [-0.2, 0) is 0 Å². The highest BCUT2D eigenvalue weighted by molar-refractivity contribution is 14.1. The topological polar surface area (TPSA) is 6.48 Å². The van der Waals surface area contributed by atoms with Crippen LogP contribution in [0.2, 0.25) is 0 Å². The van der Waals surface area contributed by atoms with Crippen molar-refractivity contribution >= 4 is 22.9 Å². The average Bonchev–Trinajstić information content (AvgIpc) is 2.24. The molecule has 2 bridgehead atoms. The lowest BCUT2D eigenvalue weighted by molar-refractivity contribution is 0.240. The van der Waals surface area contributed by atoms with Crippen LogP contribution in [0, 0.1) is 0 Å². The summed E-state index contributed by atoms with van der Waals surface area (Å²) < 4.78 is 2.49. The Kier molecular flexibility index (Phi) is 2.15. The van der Waals surface area contributed by atoms with Gasteiger partial charge >= 0.3 is 0 Å². The van der Waals surface area contributed by atoms with E-state index < -0.39 is 0 Å². The molecule has 10 heavy (non-hydrogen) atoms. The Balaban J connectivity index is 2.07. The lowest BCUT2D eigenvalue weighted by Gasteiger charge is -2.27. The van der Waals surface area contributed by atoms with Gasteiger partial charge in [0.15, 0.2) is 0 Å². The van der Waals surface area contributed by atoms with Gasteiger partial charge in [-0.25, -0.2) is 3.11 Å². The molecule has 3 rings (SSSR count). The molecule has 0 aliphatic carbocycles. The highest BCUT2D eigenvalue weighted by Crippen LogP contribution is 2.22. The van der Waals surface area contributed by atoms with Crippen molar-refractivity contribution in [1.82, 2.24) is 8.01 Å². The van der Waals surface area contributed by atoms with Crippen molar-refractivity contribution in [1.29, 1.82) is 0 Å². The Labute approximate surface area is 76.1 Å². The van der Waals surface area contributed by atoms with E-state index in [1.54, 1.807) is 0 Å². The summed E-state index contributed by atoms with van der Waals surface area (Å²) >= 11 is 2.48. The van der Waals surface area contributed by atoms with Crippen molar-refractivity contribution in [3.05, 3.63) is 0 Å². The van der Waals surface area contributed by atoms with Crippen LogP contribution in [0.15, 0.2) is 0 Å². The van der Waals surface area contributed by atoms with E-state index in [1.807, 2.05) is 0 Å². The fourth-order valence-corrected chi connectivity index (χ4v) is 2.62. The highest BCUT2D eigenvalue weighted by Gasteiger charge is 2.27. The van der Waals surface area contributed by atoms with Crippen molar-refractivity contribution in [2.45, 2.75) is 18.9 Å². The van der Waals surface area contributed by atoms with Crippen molar-refractivity contribution in [3.8, 4) is 0 Å². The second-order valence-corrected chi connectivity index (χ2v) is 4.44. The molecular weight excluding hydrogens is 239 g/mol. The molecule has 3 aliphatic heterocycles. The van der Waals surface area contributed by atoms with E-state index in [0.717, 1.165) is 6.04 Å². The molecule has 0 atom stereocenters. The van der Waals surface area contributed by atoms with Crippen LogP contribution in [0.3, 0.4) is 0 Å². The number of piperidine rings is 1. The Morgan fingerprint density at radius 2 is 1.70 bits per heavy atom. The van der Waals surface area contributed by atoms with Crippen LogP contribution in [0.4, 0.5) is 0 Å². The minimum Gasteiger partial charge on any atom is -0.302 e. The molecule has 2 nitrogen and oxygen atoms in total. The Bertz CT molecular complexity index is 121. The fraction of sp³-hybridized carbons (Fsp3) is 1.00. The van der Waals surface area contributed by atoms with Crippen LogP contribution in [-0.4, -0.2) is 40.2 Å². The molecule has 0 N–H and O–H groups in total. The molecule has 0 amide bonds. The maximum absolute atomic E-state index is 2.58. The van der Waals surface area contributed by atoms with E-state index in [9.17, 15) is 0 Å². The predicted octanol–water partition coefficient (Wildman–Crippen LogP) is 1.12. The smallest absolute Gasteiger partial charge is 0.0219 e. The van der Waals surface area contributed by atoms with Gasteiger partial charge in [-0.05, 0) is 25.9 Å². The molecule has 3 fully saturated rings. The van der Waals surface area contributed by atoms with Gasteiger partial charge in [0.2, 0.25) is 0 Å². The summed E-state index contributed by atoms with van der Waals surface area (Å²) in [5.41, 5.74) is 0. The monoisotopic (exact) mass is 252 g/mol. The third kappa shape index (κ3) is 1.31. The van der Waals surface area contributed by atoms with Gasteiger partial charge in [0.25, 0.3) is 0 Å². The van der Waals surface area contributed by atoms with Crippen LogP contribution in [0.5, 0.6) is 0 Å². The molecule has 3 heteroatoms. The summed E-state index contributed by atoms with van der Waals surface area (Å²) in [5.74, 6) is 0. The lowest BCUT2D eigenvalue weighted by Crippen LogP contribution is -2.34. The van der Waals surface area contributed by atoms with Gasteiger partial charge in [-0.3, -0.25) is 0 Å². The predicted molar refractivity (Wildman–Crippen MR) is 50.2 cm³/mol. The molecular formula is C7H13IN2. The van der Waals surface area contributed by atoms with Gasteiger partial charge in [0.05, 0.1) is 0 Å². The normalized spacial score (nSPS) is 41.7. The fourth-order valence-electron chi connectivity index (χ4n) is 1.84. The van der Waals surface area contributed by atoms with E-state index in [1.165, 1.54) is 39.0 Å². The van der Waals surface area contributed by atoms with Gasteiger partial charge in [-0.15, -0.1) is 0 Å². The molecule has 0 unspecified atom stereocenters. The summed E-state index contributed by atoms with van der Waals surface area (Å²) in [5, 5.41) is 0. The van der Waals surface area contributed by atoms with Gasteiger partial charge in [0, 0.05) is 42.0 Å². The van der Waals surface area contributed by atoms with Crippen molar-refractivity contribution in [2.24, 2.45) is 0 Å². The van der Waals surface area contributed by atoms with E-state index in [2.05, 4.69) is 30.9 Å². The first-order chi connectivity index (χ1) is 4.86. The first kappa shape index (κ1) is 7.31. The zero-order chi connectivity index (χ0) is 6.97. The lowest BCUT2D eigenvalue weighted by atomic mass is 10.1. The van der Waals surface area contributed by atoms with E-state index in [-0.39, 0.29) is 0 Å². The summed E-state index contributed by atoms with van der Waals surface area (Å²) in [4.78, 5) is 2.58. The van der Waals surface area contributed by atoms with Gasteiger partial charge < -0.3 is 4.90 Å². The molecule has 0 saturated carbocycles. The number of hydrogen-bond donors (Lipinski definition) is 0. The Morgan fingerprint density at radius 1 is 1.00 bits per heavy atom. The number of rotatable bonds is 0. The van der Waals surface area contributed by atoms with E-state index >= 15 is 0 Å². The minimum absolute atomic E-state index is 0.888. The van der Waals surface area contributed by atoms with Crippen LogP contribution < -0.4 is 0 Å². The quantitative estimate of drug-likeness (QED) is 0.471. The maximum Gasteiger partial charge on any atom is 0.0219 e. The molecule has 3 saturated heterocycles. The zero-order valence-corrected chi connectivity index (χ0v) is 8.25. The van der Waals surface area contributed by atoms with E-state index in [4.69, 9.17) is 0 Å². The largest absolute Gasteiger partial charge is 0.302 e. The zero-order valence-electron chi connectivity index (χ0n) is 6.09. The second-order valence-electron chi connectivity index (χ2n) is 3.20. The number of fused-ring (bicyclic) bond motifs is 4. The summed E-state index contributed by atoms with van der Waals surface area (Å²) in [6.45, 7) is 5.24. The first-order valence-electron chi connectivity index (χ1n) is 4.01. The standard InChI is InChI=1S/C7H13IN2/c8-10-6-5-9-3-1-7(10)2-4-9/h7H,1-6H2. The molecule has 0 aromatic carbocycles. The Hall–Kier alpha value is 0.650. The summed E-state index contributed by atoms with van der Waals surface area (Å²) in [7, 11) is 0. The van der Waals surface area contributed by atoms with Gasteiger partial charge in [-0.1, -0.05) is 0 Å². The van der Waals surface area contributed by atoms with Crippen LogP contribution in [0.25, 0.3) is 0 Å². The maximum atomic E-state index is 2.58. The Morgan fingerprint density at radius 3 is 2.40 bits per heavy atom. The minimum atomic E-state index is 0.888. The SMILES string of the molecule is IN1CCN2CCC1CC2. The van der Waals surface area contributed by atoms with Gasteiger partial charge in [-0.2, -0.15) is 0 Å². The average molecular weight is 252 g/mol. The van der Waals surface area contributed by atoms with Crippen molar-refractivity contribution in [3.63, 3.8) is 0 Å².